The van der Waals surface area contributed by atoms with E-state index in [1.54, 1.807) is 28.4 Å². The van der Waals surface area contributed by atoms with Gasteiger partial charge in [-0.2, -0.15) is 0 Å². The number of rotatable bonds is 5. The second kappa shape index (κ2) is 6.53. The molecular weight excluding hydrogens is 364 g/mol. The quantitative estimate of drug-likeness (QED) is 0.731. The number of amides is 2. The lowest BCUT2D eigenvalue weighted by atomic mass is 9.98. The van der Waals surface area contributed by atoms with Crippen LogP contribution in [-0.2, 0) is 11.2 Å². The lowest BCUT2D eigenvalue weighted by Crippen LogP contribution is -2.42. The van der Waals surface area contributed by atoms with Gasteiger partial charge in [0, 0.05) is 36.8 Å². The van der Waals surface area contributed by atoms with Crippen LogP contribution in [0.5, 0.6) is 0 Å². The van der Waals surface area contributed by atoms with Gasteiger partial charge in [-0.3, -0.25) is 14.0 Å². The summed E-state index contributed by atoms with van der Waals surface area (Å²) in [5.74, 6) is 1.14. The maximum atomic E-state index is 12.6. The summed E-state index contributed by atoms with van der Waals surface area (Å²) < 4.78 is 7.18. The summed E-state index contributed by atoms with van der Waals surface area (Å²) in [7, 11) is 0. The Labute approximate surface area is 160 Å². The van der Waals surface area contributed by atoms with Gasteiger partial charge >= 0.3 is 0 Å². The molecule has 27 heavy (non-hydrogen) atoms. The first-order valence-electron chi connectivity index (χ1n) is 9.20. The highest BCUT2D eigenvalue weighted by molar-refractivity contribution is 7.15. The van der Waals surface area contributed by atoms with Gasteiger partial charge in [0.15, 0.2) is 10.7 Å². The molecular formula is C19H20N4O3S. The van der Waals surface area contributed by atoms with Crippen LogP contribution in [0.3, 0.4) is 0 Å². The standard InChI is InChI=1S/C19H20N4O3S/c24-17(8-13-9-22-5-7-27-19(22)20-13)21-15-11-23(10-14(15)12-3-4-12)18(25)16-2-1-6-26-16/h1-2,5-7,9,12,14-15H,3-4,8,10-11H2,(H,21,24). The van der Waals surface area contributed by atoms with E-state index in [0.717, 1.165) is 10.7 Å². The van der Waals surface area contributed by atoms with Gasteiger partial charge in [0.25, 0.3) is 5.91 Å². The summed E-state index contributed by atoms with van der Waals surface area (Å²) in [4.78, 5) is 32.4. The summed E-state index contributed by atoms with van der Waals surface area (Å²) in [6.45, 7) is 1.21. The number of likely N-dealkylation sites (tertiary alicyclic amines) is 1. The smallest absolute Gasteiger partial charge is 0.289 e. The molecule has 4 heterocycles. The van der Waals surface area contributed by atoms with Crippen molar-refractivity contribution in [1.29, 1.82) is 0 Å². The predicted molar refractivity (Wildman–Crippen MR) is 99.5 cm³/mol. The van der Waals surface area contributed by atoms with Gasteiger partial charge in [-0.25, -0.2) is 4.98 Å². The maximum absolute atomic E-state index is 12.6. The molecule has 1 saturated carbocycles. The number of thiazole rings is 1. The molecule has 2 aliphatic rings. The van der Waals surface area contributed by atoms with Crippen LogP contribution in [0.4, 0.5) is 0 Å². The molecule has 5 rings (SSSR count). The Morgan fingerprint density at radius 3 is 2.96 bits per heavy atom. The van der Waals surface area contributed by atoms with Crippen molar-refractivity contribution >= 4 is 28.1 Å². The van der Waals surface area contributed by atoms with Gasteiger partial charge in [-0.05, 0) is 30.9 Å². The van der Waals surface area contributed by atoms with Crippen molar-refractivity contribution in [2.24, 2.45) is 11.8 Å². The Bertz CT molecular complexity index is 944. The summed E-state index contributed by atoms with van der Waals surface area (Å²) in [6.07, 6.45) is 7.96. The highest BCUT2D eigenvalue weighted by Crippen LogP contribution is 2.41. The Hall–Kier alpha value is -2.61. The molecule has 3 aromatic rings. The molecule has 0 spiro atoms. The molecule has 2 unspecified atom stereocenters. The number of nitrogens with one attached hydrogen (secondary N) is 1. The van der Waals surface area contributed by atoms with Crippen molar-refractivity contribution in [3.63, 3.8) is 0 Å². The third-order valence-electron chi connectivity index (χ3n) is 5.44. The predicted octanol–water partition coefficient (Wildman–Crippen LogP) is 2.20. The molecule has 2 atom stereocenters. The van der Waals surface area contributed by atoms with Crippen molar-refractivity contribution in [2.75, 3.05) is 13.1 Å². The molecule has 140 valence electrons. The number of hydrogen-bond acceptors (Lipinski definition) is 5. The first kappa shape index (κ1) is 16.6. The van der Waals surface area contributed by atoms with Gasteiger partial charge in [-0.15, -0.1) is 11.3 Å². The van der Waals surface area contributed by atoms with Crippen LogP contribution in [-0.4, -0.2) is 45.2 Å². The lowest BCUT2D eigenvalue weighted by molar-refractivity contribution is -0.121. The molecule has 1 aliphatic carbocycles. The lowest BCUT2D eigenvalue weighted by Gasteiger charge is -2.18. The van der Waals surface area contributed by atoms with Crippen molar-refractivity contribution in [3.8, 4) is 0 Å². The summed E-state index contributed by atoms with van der Waals surface area (Å²) in [5.41, 5.74) is 0.767. The van der Waals surface area contributed by atoms with E-state index in [4.69, 9.17) is 4.42 Å². The second-order valence-electron chi connectivity index (χ2n) is 7.36. The van der Waals surface area contributed by atoms with Crippen LogP contribution in [0.25, 0.3) is 4.96 Å². The van der Waals surface area contributed by atoms with E-state index in [-0.39, 0.29) is 24.3 Å². The number of carbonyl (C=O) groups excluding carboxylic acids is 2. The van der Waals surface area contributed by atoms with Crippen LogP contribution in [0.2, 0.25) is 0 Å². The molecule has 3 aromatic heterocycles. The van der Waals surface area contributed by atoms with E-state index < -0.39 is 0 Å². The van der Waals surface area contributed by atoms with Gasteiger partial charge in [0.1, 0.15) is 0 Å². The molecule has 1 saturated heterocycles. The van der Waals surface area contributed by atoms with E-state index in [9.17, 15) is 9.59 Å². The molecule has 7 nitrogen and oxygen atoms in total. The van der Waals surface area contributed by atoms with Crippen LogP contribution >= 0.6 is 11.3 Å². The molecule has 1 N–H and O–H groups in total. The highest BCUT2D eigenvalue weighted by Gasteiger charge is 2.44. The first-order valence-corrected chi connectivity index (χ1v) is 10.1. The van der Waals surface area contributed by atoms with Gasteiger partial charge in [0.2, 0.25) is 5.91 Å². The zero-order chi connectivity index (χ0) is 18.4. The number of fused-ring (bicyclic) bond motifs is 1. The zero-order valence-electron chi connectivity index (χ0n) is 14.7. The Kier molecular flexibility index (Phi) is 4.00. The average molecular weight is 384 g/mol. The fourth-order valence-electron chi connectivity index (χ4n) is 3.99. The number of nitrogens with zero attached hydrogens (tertiary/aromatic N) is 3. The number of imidazole rings is 1. The fraction of sp³-hybridized carbons (Fsp3) is 0.421. The third kappa shape index (κ3) is 3.25. The number of hydrogen-bond donors (Lipinski definition) is 1. The molecule has 8 heteroatoms. The van der Waals surface area contributed by atoms with Crippen LogP contribution in [0, 0.1) is 11.8 Å². The minimum atomic E-state index is -0.100. The average Bonchev–Trinajstić information content (AvgIpc) is 3.04. The highest BCUT2D eigenvalue weighted by atomic mass is 32.1. The summed E-state index contributed by atoms with van der Waals surface area (Å²) in [5, 5.41) is 5.12. The van der Waals surface area contributed by atoms with Crippen LogP contribution in [0.1, 0.15) is 29.1 Å². The molecule has 2 fully saturated rings. The Morgan fingerprint density at radius 2 is 2.22 bits per heavy atom. The topological polar surface area (TPSA) is 79.9 Å². The molecule has 2 amide bonds. The summed E-state index contributed by atoms with van der Waals surface area (Å²) in [6, 6.07) is 3.40. The van der Waals surface area contributed by atoms with E-state index in [1.807, 2.05) is 22.2 Å². The third-order valence-corrected chi connectivity index (χ3v) is 6.21. The fourth-order valence-corrected chi connectivity index (χ4v) is 4.71. The minimum absolute atomic E-state index is 0.00681. The number of furan rings is 1. The SMILES string of the molecule is O=C(Cc1cn2ccsc2n1)NC1CN(C(=O)c2ccco2)CC1C1CC1. The molecule has 1 aliphatic heterocycles. The van der Waals surface area contributed by atoms with E-state index in [0.29, 0.717) is 30.7 Å². The Balaban J connectivity index is 1.25. The number of carbonyl (C=O) groups is 2. The van der Waals surface area contributed by atoms with Crippen molar-refractivity contribution < 1.29 is 14.0 Å². The molecule has 0 bridgehead atoms. The van der Waals surface area contributed by atoms with Gasteiger partial charge < -0.3 is 14.6 Å². The largest absolute Gasteiger partial charge is 0.459 e. The zero-order valence-corrected chi connectivity index (χ0v) is 15.5. The van der Waals surface area contributed by atoms with E-state index in [1.165, 1.54) is 19.1 Å². The number of aromatic nitrogens is 2. The van der Waals surface area contributed by atoms with Crippen molar-refractivity contribution in [1.82, 2.24) is 19.6 Å². The van der Waals surface area contributed by atoms with Crippen LogP contribution < -0.4 is 5.32 Å². The first-order chi connectivity index (χ1) is 13.2. The van der Waals surface area contributed by atoms with Crippen molar-refractivity contribution in [3.05, 3.63) is 47.6 Å². The van der Waals surface area contributed by atoms with Gasteiger partial charge in [0.05, 0.1) is 24.4 Å². The van der Waals surface area contributed by atoms with Crippen LogP contribution in [0.15, 0.2) is 40.6 Å². The maximum Gasteiger partial charge on any atom is 0.289 e. The normalized spacial score (nSPS) is 22.4. The summed E-state index contributed by atoms with van der Waals surface area (Å²) >= 11 is 1.55. The van der Waals surface area contributed by atoms with E-state index in [2.05, 4.69) is 10.3 Å². The monoisotopic (exact) mass is 384 g/mol. The molecule has 0 radical (unpaired) electrons. The Morgan fingerprint density at radius 1 is 1.33 bits per heavy atom. The van der Waals surface area contributed by atoms with Gasteiger partial charge in [-0.1, -0.05) is 0 Å². The second-order valence-corrected chi connectivity index (χ2v) is 8.24. The minimum Gasteiger partial charge on any atom is -0.459 e. The molecule has 0 aromatic carbocycles. The van der Waals surface area contributed by atoms with E-state index >= 15 is 0 Å². The van der Waals surface area contributed by atoms with Crippen molar-refractivity contribution in [2.45, 2.75) is 25.3 Å².